The number of fused-ring (bicyclic) bond motifs is 1. The molecule has 2 atom stereocenters. The zero-order chi connectivity index (χ0) is 19.9. The van der Waals surface area contributed by atoms with Crippen LogP contribution in [-0.2, 0) is 4.74 Å². The van der Waals surface area contributed by atoms with Crippen LogP contribution >= 0.6 is 0 Å². The second kappa shape index (κ2) is 6.92. The summed E-state index contributed by atoms with van der Waals surface area (Å²) in [4.78, 5) is 25.9. The van der Waals surface area contributed by atoms with E-state index in [0.29, 0.717) is 19.4 Å². The molecule has 2 aromatic rings. The highest BCUT2D eigenvalue weighted by Gasteiger charge is 2.30. The van der Waals surface area contributed by atoms with Crippen LogP contribution in [0.15, 0.2) is 10.6 Å². The van der Waals surface area contributed by atoms with Crippen LogP contribution in [0.2, 0.25) is 0 Å². The van der Waals surface area contributed by atoms with Gasteiger partial charge in [-0.25, -0.2) is 4.39 Å². The van der Waals surface area contributed by atoms with Gasteiger partial charge in [-0.3, -0.25) is 9.59 Å². The van der Waals surface area contributed by atoms with Gasteiger partial charge in [0.05, 0.1) is 23.3 Å². The number of aromatic nitrogens is 1. The molecule has 3 rings (SSSR count). The van der Waals surface area contributed by atoms with E-state index in [0.717, 1.165) is 0 Å². The number of anilines is 1. The first-order valence-electron chi connectivity index (χ1n) is 8.90. The van der Waals surface area contributed by atoms with Crippen molar-refractivity contribution in [3.8, 4) is 0 Å². The van der Waals surface area contributed by atoms with Crippen LogP contribution in [0.3, 0.4) is 0 Å². The quantitative estimate of drug-likeness (QED) is 0.828. The first-order chi connectivity index (χ1) is 12.6. The summed E-state index contributed by atoms with van der Waals surface area (Å²) in [6.07, 6.45) is 0.374. The van der Waals surface area contributed by atoms with E-state index in [9.17, 15) is 9.59 Å². The van der Waals surface area contributed by atoms with E-state index in [1.54, 1.807) is 4.90 Å². The van der Waals surface area contributed by atoms with Crippen LogP contribution in [0.25, 0.3) is 11.0 Å². The first-order valence-corrected chi connectivity index (χ1v) is 8.90. The Morgan fingerprint density at radius 2 is 1.96 bits per heavy atom. The average Bonchev–Trinajstić information content (AvgIpc) is 2.96. The normalized spacial score (nSPS) is 20.7. The third-order valence-electron chi connectivity index (χ3n) is 4.27. The van der Waals surface area contributed by atoms with Gasteiger partial charge in [0.1, 0.15) is 0 Å². The maximum atomic E-state index is 15.3. The SMILES string of the molecule is CC1CN(c2c(C=O)cc3c(C(=O)NC(C)(C)C)noc3c2F)CC(C)O1. The Hall–Kier alpha value is -2.48. The fourth-order valence-electron chi connectivity index (χ4n) is 3.38. The number of nitrogens with zero attached hydrogens (tertiary/aromatic N) is 2. The number of hydrogen-bond donors (Lipinski definition) is 1. The van der Waals surface area contributed by atoms with Crippen molar-refractivity contribution < 1.29 is 23.2 Å². The molecule has 0 radical (unpaired) electrons. The Labute approximate surface area is 156 Å². The molecule has 1 amide bonds. The third-order valence-corrected chi connectivity index (χ3v) is 4.27. The highest BCUT2D eigenvalue weighted by molar-refractivity contribution is 6.07. The van der Waals surface area contributed by atoms with Gasteiger partial charge in [0.25, 0.3) is 5.91 Å². The zero-order valence-corrected chi connectivity index (χ0v) is 16.1. The maximum absolute atomic E-state index is 15.3. The van der Waals surface area contributed by atoms with Crippen molar-refractivity contribution in [1.29, 1.82) is 0 Å². The third kappa shape index (κ3) is 3.80. The van der Waals surface area contributed by atoms with E-state index >= 15 is 4.39 Å². The van der Waals surface area contributed by atoms with E-state index < -0.39 is 17.3 Å². The Balaban J connectivity index is 2.09. The van der Waals surface area contributed by atoms with E-state index in [4.69, 9.17) is 9.26 Å². The molecule has 1 fully saturated rings. The molecule has 2 heterocycles. The highest BCUT2D eigenvalue weighted by Crippen LogP contribution is 2.34. The van der Waals surface area contributed by atoms with Gasteiger partial charge in [0.15, 0.2) is 17.8 Å². The summed E-state index contributed by atoms with van der Waals surface area (Å²) in [5, 5.41) is 6.68. The predicted octanol–water partition coefficient (Wildman–Crippen LogP) is 2.92. The lowest BCUT2D eigenvalue weighted by atomic mass is 10.0. The van der Waals surface area contributed by atoms with Crippen LogP contribution in [0.1, 0.15) is 55.5 Å². The van der Waals surface area contributed by atoms with E-state index in [1.165, 1.54) is 6.07 Å². The number of amides is 1. The monoisotopic (exact) mass is 377 g/mol. The van der Waals surface area contributed by atoms with Crippen LogP contribution in [0, 0.1) is 5.82 Å². The molecule has 7 nitrogen and oxygen atoms in total. The van der Waals surface area contributed by atoms with Gasteiger partial charge in [-0.1, -0.05) is 5.16 Å². The van der Waals surface area contributed by atoms with Crippen molar-refractivity contribution in [3.05, 3.63) is 23.1 Å². The minimum atomic E-state index is -0.696. The molecule has 0 saturated carbocycles. The average molecular weight is 377 g/mol. The molecule has 1 saturated heterocycles. The fourth-order valence-corrected chi connectivity index (χ4v) is 3.38. The smallest absolute Gasteiger partial charge is 0.274 e. The molecule has 1 aromatic carbocycles. The molecule has 0 spiro atoms. The standard InChI is InChI=1S/C19H24FN3O4/c1-10-7-23(8-11(2)26-10)16-12(9-24)6-13-15(18(25)21-19(3,4)5)22-27-17(13)14(16)20/h6,9-11H,7-8H2,1-5H3,(H,21,25). The molecule has 146 valence electrons. The summed E-state index contributed by atoms with van der Waals surface area (Å²) in [5.41, 5.74) is -0.375. The molecule has 1 aliphatic rings. The number of carbonyl (C=O) groups is 2. The van der Waals surface area contributed by atoms with Gasteiger partial charge in [0.2, 0.25) is 5.58 Å². The molecule has 2 unspecified atom stereocenters. The second-order valence-electron chi connectivity index (χ2n) is 8.02. The van der Waals surface area contributed by atoms with Gasteiger partial charge in [-0.05, 0) is 40.7 Å². The van der Waals surface area contributed by atoms with Gasteiger partial charge >= 0.3 is 0 Å². The molecule has 1 aliphatic heterocycles. The lowest BCUT2D eigenvalue weighted by molar-refractivity contribution is -0.00543. The summed E-state index contributed by atoms with van der Waals surface area (Å²) >= 11 is 0. The summed E-state index contributed by atoms with van der Waals surface area (Å²) in [5.74, 6) is -1.18. The number of halogens is 1. The van der Waals surface area contributed by atoms with E-state index in [2.05, 4.69) is 10.5 Å². The number of nitrogens with one attached hydrogen (secondary N) is 1. The Morgan fingerprint density at radius 3 is 2.52 bits per heavy atom. The predicted molar refractivity (Wildman–Crippen MR) is 98.8 cm³/mol. The van der Waals surface area contributed by atoms with Crippen LogP contribution in [0.5, 0.6) is 0 Å². The molecule has 8 heteroatoms. The lowest BCUT2D eigenvalue weighted by Crippen LogP contribution is -2.46. The summed E-state index contributed by atoms with van der Waals surface area (Å²) in [6.45, 7) is 10.1. The van der Waals surface area contributed by atoms with Crippen molar-refractivity contribution in [2.45, 2.75) is 52.4 Å². The van der Waals surface area contributed by atoms with E-state index in [-0.39, 0.29) is 40.1 Å². The minimum Gasteiger partial charge on any atom is -0.372 e. The number of hydrogen-bond acceptors (Lipinski definition) is 6. The second-order valence-corrected chi connectivity index (χ2v) is 8.02. The molecule has 27 heavy (non-hydrogen) atoms. The van der Waals surface area contributed by atoms with Crippen LogP contribution in [-0.4, -0.2) is 48.2 Å². The topological polar surface area (TPSA) is 84.7 Å². The highest BCUT2D eigenvalue weighted by atomic mass is 19.1. The number of rotatable bonds is 3. The summed E-state index contributed by atoms with van der Waals surface area (Å²) in [6, 6.07) is 1.46. The molecule has 1 N–H and O–H groups in total. The Kier molecular flexibility index (Phi) is 4.94. The number of morpholine rings is 1. The fraction of sp³-hybridized carbons (Fsp3) is 0.526. The Bertz CT molecular complexity index is 877. The summed E-state index contributed by atoms with van der Waals surface area (Å²) < 4.78 is 26.1. The first kappa shape index (κ1) is 19.3. The largest absolute Gasteiger partial charge is 0.372 e. The van der Waals surface area contributed by atoms with Gasteiger partial charge in [-0.15, -0.1) is 0 Å². The molecular formula is C19H24FN3O4. The number of benzene rings is 1. The molecule has 0 aliphatic carbocycles. The molecular weight excluding hydrogens is 353 g/mol. The summed E-state index contributed by atoms with van der Waals surface area (Å²) in [7, 11) is 0. The van der Waals surface area contributed by atoms with Gasteiger partial charge in [0, 0.05) is 24.2 Å². The number of aldehydes is 1. The van der Waals surface area contributed by atoms with Crippen molar-refractivity contribution in [2.24, 2.45) is 0 Å². The number of carbonyl (C=O) groups excluding carboxylic acids is 2. The van der Waals surface area contributed by atoms with Crippen molar-refractivity contribution in [1.82, 2.24) is 10.5 Å². The van der Waals surface area contributed by atoms with Crippen molar-refractivity contribution in [3.63, 3.8) is 0 Å². The molecule has 0 bridgehead atoms. The van der Waals surface area contributed by atoms with Crippen LogP contribution in [0.4, 0.5) is 10.1 Å². The van der Waals surface area contributed by atoms with Gasteiger partial charge in [-0.2, -0.15) is 0 Å². The van der Waals surface area contributed by atoms with Crippen molar-refractivity contribution >= 4 is 28.8 Å². The molecule has 1 aromatic heterocycles. The van der Waals surface area contributed by atoms with Gasteiger partial charge < -0.3 is 19.5 Å². The Morgan fingerprint density at radius 1 is 1.33 bits per heavy atom. The van der Waals surface area contributed by atoms with Crippen molar-refractivity contribution in [2.75, 3.05) is 18.0 Å². The zero-order valence-electron chi connectivity index (χ0n) is 16.1. The number of ether oxygens (including phenoxy) is 1. The lowest BCUT2D eigenvalue weighted by Gasteiger charge is -2.37. The van der Waals surface area contributed by atoms with Crippen LogP contribution < -0.4 is 10.2 Å². The maximum Gasteiger partial charge on any atom is 0.274 e. The van der Waals surface area contributed by atoms with E-state index in [1.807, 2.05) is 34.6 Å². The minimum absolute atomic E-state index is 0.0443.